The van der Waals surface area contributed by atoms with Crippen molar-refractivity contribution in [1.29, 1.82) is 0 Å². The second-order valence-corrected chi connectivity index (χ2v) is 8.78. The summed E-state index contributed by atoms with van der Waals surface area (Å²) in [5, 5.41) is 25.2. The van der Waals surface area contributed by atoms with Crippen molar-refractivity contribution in [3.05, 3.63) is 0 Å². The van der Waals surface area contributed by atoms with E-state index in [2.05, 4.69) is 16.0 Å². The average molecular weight is 521 g/mol. The molecule has 0 heterocycles. The Bertz CT molecular complexity index is 753. The highest BCUT2D eigenvalue weighted by Gasteiger charge is 2.31. The van der Waals surface area contributed by atoms with Crippen molar-refractivity contribution in [2.75, 3.05) is 18.6 Å². The minimum atomic E-state index is -1.55. The Hall–Kier alpha value is -2.91. The summed E-state index contributed by atoms with van der Waals surface area (Å²) in [4.78, 5) is 71.8. The number of nitrogens with two attached hydrogens (primary N) is 3. The van der Waals surface area contributed by atoms with E-state index >= 15 is 0 Å². The SMILES string of the molecule is CSCCC(N)C(=O)NC(CCC(=O)O)C(=O)NC(CC(N)=O)C(=O)NC(CCCCN)C(=O)O. The van der Waals surface area contributed by atoms with Crippen molar-refractivity contribution in [2.24, 2.45) is 17.2 Å². The number of hydrogen-bond acceptors (Lipinski definition) is 9. The summed E-state index contributed by atoms with van der Waals surface area (Å²) in [6, 6.07) is -5.16. The molecule has 200 valence electrons. The van der Waals surface area contributed by atoms with Crippen LogP contribution in [-0.4, -0.2) is 88.5 Å². The lowest BCUT2D eigenvalue weighted by atomic mass is 10.1. The van der Waals surface area contributed by atoms with E-state index in [0.717, 1.165) is 0 Å². The van der Waals surface area contributed by atoms with Crippen molar-refractivity contribution in [1.82, 2.24) is 16.0 Å². The van der Waals surface area contributed by atoms with Gasteiger partial charge < -0.3 is 43.4 Å². The maximum Gasteiger partial charge on any atom is 0.326 e. The first kappa shape index (κ1) is 32.1. The summed E-state index contributed by atoms with van der Waals surface area (Å²) in [5.74, 6) is -5.53. The fourth-order valence-electron chi connectivity index (χ4n) is 2.90. The maximum atomic E-state index is 12.8. The molecule has 11 N–H and O–H groups in total. The third-order valence-electron chi connectivity index (χ3n) is 4.85. The minimum absolute atomic E-state index is 0.0702. The molecule has 4 atom stereocenters. The number of rotatable bonds is 19. The highest BCUT2D eigenvalue weighted by Crippen LogP contribution is 2.06. The fraction of sp³-hybridized carbons (Fsp3) is 0.700. The Morgan fingerprint density at radius 2 is 1.40 bits per heavy atom. The zero-order valence-corrected chi connectivity index (χ0v) is 20.5. The quantitative estimate of drug-likeness (QED) is 0.0824. The van der Waals surface area contributed by atoms with Crippen LogP contribution >= 0.6 is 11.8 Å². The Morgan fingerprint density at radius 3 is 1.91 bits per heavy atom. The largest absolute Gasteiger partial charge is 0.481 e. The third kappa shape index (κ3) is 14.2. The summed E-state index contributed by atoms with van der Waals surface area (Å²) in [6.45, 7) is 0.338. The van der Waals surface area contributed by atoms with Gasteiger partial charge in [0.25, 0.3) is 0 Å². The van der Waals surface area contributed by atoms with Crippen LogP contribution in [0.25, 0.3) is 0 Å². The second kappa shape index (κ2) is 17.5. The Labute approximate surface area is 207 Å². The van der Waals surface area contributed by atoms with Gasteiger partial charge in [0.15, 0.2) is 0 Å². The van der Waals surface area contributed by atoms with E-state index < -0.39 is 72.6 Å². The number of primary amides is 1. The molecule has 0 aromatic rings. The molecular weight excluding hydrogens is 484 g/mol. The van der Waals surface area contributed by atoms with Gasteiger partial charge in [-0.05, 0) is 50.7 Å². The van der Waals surface area contributed by atoms with Gasteiger partial charge in [-0.2, -0.15) is 11.8 Å². The van der Waals surface area contributed by atoms with Gasteiger partial charge in [-0.15, -0.1) is 0 Å². The zero-order chi connectivity index (χ0) is 27.0. The first-order valence-corrected chi connectivity index (χ1v) is 12.4. The van der Waals surface area contributed by atoms with Crippen molar-refractivity contribution >= 4 is 47.3 Å². The summed E-state index contributed by atoms with van der Waals surface area (Å²) < 4.78 is 0. The van der Waals surface area contributed by atoms with Crippen LogP contribution in [-0.2, 0) is 28.8 Å². The molecule has 0 saturated heterocycles. The van der Waals surface area contributed by atoms with Gasteiger partial charge in [-0.1, -0.05) is 0 Å². The lowest BCUT2D eigenvalue weighted by molar-refractivity contribution is -0.142. The number of nitrogens with one attached hydrogen (secondary N) is 3. The average Bonchev–Trinajstić information content (AvgIpc) is 2.78. The van der Waals surface area contributed by atoms with Gasteiger partial charge in [-0.25, -0.2) is 4.79 Å². The van der Waals surface area contributed by atoms with Crippen molar-refractivity contribution in [3.8, 4) is 0 Å². The number of carboxylic acids is 2. The fourth-order valence-corrected chi connectivity index (χ4v) is 3.39. The van der Waals surface area contributed by atoms with Gasteiger partial charge in [0.1, 0.15) is 18.1 Å². The van der Waals surface area contributed by atoms with E-state index in [9.17, 15) is 33.9 Å². The molecule has 0 saturated carbocycles. The first-order chi connectivity index (χ1) is 16.4. The van der Waals surface area contributed by atoms with Crippen LogP contribution in [0.3, 0.4) is 0 Å². The smallest absolute Gasteiger partial charge is 0.326 e. The van der Waals surface area contributed by atoms with E-state index in [4.69, 9.17) is 22.3 Å². The van der Waals surface area contributed by atoms with Gasteiger partial charge in [0.2, 0.25) is 23.6 Å². The van der Waals surface area contributed by atoms with Gasteiger partial charge in [0, 0.05) is 6.42 Å². The number of amides is 4. The van der Waals surface area contributed by atoms with Crippen LogP contribution < -0.4 is 33.2 Å². The zero-order valence-electron chi connectivity index (χ0n) is 19.7. The summed E-state index contributed by atoms with van der Waals surface area (Å²) in [6.07, 6.45) is 1.71. The van der Waals surface area contributed by atoms with Crippen LogP contribution in [0.1, 0.15) is 44.9 Å². The van der Waals surface area contributed by atoms with Gasteiger partial charge in [0.05, 0.1) is 12.5 Å². The molecule has 4 amide bonds. The van der Waals surface area contributed by atoms with E-state index in [1.165, 1.54) is 11.8 Å². The lowest BCUT2D eigenvalue weighted by Crippen LogP contribution is -2.57. The summed E-state index contributed by atoms with van der Waals surface area (Å²) >= 11 is 1.46. The molecule has 35 heavy (non-hydrogen) atoms. The van der Waals surface area contributed by atoms with Crippen LogP contribution in [0, 0.1) is 0 Å². The van der Waals surface area contributed by atoms with Crippen LogP contribution in [0.15, 0.2) is 0 Å². The van der Waals surface area contributed by atoms with Crippen molar-refractivity contribution < 1.29 is 39.0 Å². The molecule has 4 unspecified atom stereocenters. The number of carboxylic acid groups (broad SMARTS) is 2. The number of hydrogen-bond donors (Lipinski definition) is 8. The molecule has 15 heteroatoms. The number of carbonyl (C=O) groups excluding carboxylic acids is 4. The molecule has 0 aliphatic heterocycles. The summed E-state index contributed by atoms with van der Waals surface area (Å²) in [5.41, 5.74) is 16.4. The predicted molar refractivity (Wildman–Crippen MR) is 128 cm³/mol. The molecule has 0 spiro atoms. The molecule has 0 fully saturated rings. The van der Waals surface area contributed by atoms with E-state index in [-0.39, 0.29) is 12.8 Å². The topological polar surface area (TPSA) is 257 Å². The molecule has 0 aliphatic carbocycles. The molecule has 0 rings (SSSR count). The van der Waals surface area contributed by atoms with E-state index in [0.29, 0.717) is 31.6 Å². The van der Waals surface area contributed by atoms with Gasteiger partial charge in [-0.3, -0.25) is 24.0 Å². The molecule has 0 aliphatic rings. The Morgan fingerprint density at radius 1 is 0.829 bits per heavy atom. The lowest BCUT2D eigenvalue weighted by Gasteiger charge is -2.24. The standard InChI is InChI=1S/C20H36N6O8S/c1-35-9-7-11(22)17(30)24-12(5-6-16(28)29)18(31)26-14(10-15(23)27)19(32)25-13(20(33)34)4-2-3-8-21/h11-14H,2-10,21-22H2,1H3,(H2,23,27)(H,24,30)(H,25,32)(H,26,31)(H,28,29)(H,33,34). The first-order valence-electron chi connectivity index (χ1n) is 11.0. The maximum absolute atomic E-state index is 12.8. The number of carbonyl (C=O) groups is 6. The Balaban J connectivity index is 5.49. The highest BCUT2D eigenvalue weighted by atomic mass is 32.2. The molecule has 0 bridgehead atoms. The van der Waals surface area contributed by atoms with Crippen LogP contribution in [0.2, 0.25) is 0 Å². The number of thioether (sulfide) groups is 1. The van der Waals surface area contributed by atoms with Crippen molar-refractivity contribution in [3.63, 3.8) is 0 Å². The highest BCUT2D eigenvalue weighted by molar-refractivity contribution is 7.98. The van der Waals surface area contributed by atoms with Crippen LogP contribution in [0.5, 0.6) is 0 Å². The van der Waals surface area contributed by atoms with E-state index in [1.54, 1.807) is 0 Å². The molecule has 0 radical (unpaired) electrons. The van der Waals surface area contributed by atoms with Crippen LogP contribution in [0.4, 0.5) is 0 Å². The minimum Gasteiger partial charge on any atom is -0.481 e. The normalized spacial score (nSPS) is 14.1. The molecular formula is C20H36N6O8S. The molecule has 0 aromatic carbocycles. The van der Waals surface area contributed by atoms with E-state index in [1.807, 2.05) is 6.26 Å². The number of unbranched alkanes of at least 4 members (excludes halogenated alkanes) is 1. The molecule has 14 nitrogen and oxygen atoms in total. The summed E-state index contributed by atoms with van der Waals surface area (Å²) in [7, 11) is 0. The Kier molecular flexibility index (Phi) is 16.1. The van der Waals surface area contributed by atoms with Crippen molar-refractivity contribution in [2.45, 2.75) is 69.1 Å². The third-order valence-corrected chi connectivity index (χ3v) is 5.49. The van der Waals surface area contributed by atoms with Gasteiger partial charge >= 0.3 is 11.9 Å². The monoisotopic (exact) mass is 520 g/mol. The predicted octanol–water partition coefficient (Wildman–Crippen LogP) is -2.52. The molecule has 0 aromatic heterocycles. The second-order valence-electron chi connectivity index (χ2n) is 7.80. The number of aliphatic carboxylic acids is 2.